The van der Waals surface area contributed by atoms with Crippen LogP contribution < -0.4 is 5.32 Å². The number of anilines is 1. The Balaban J connectivity index is 2.32. The van der Waals surface area contributed by atoms with Crippen molar-refractivity contribution in [3.8, 4) is 0 Å². The summed E-state index contributed by atoms with van der Waals surface area (Å²) in [5.74, 6) is -0.361. The van der Waals surface area contributed by atoms with E-state index in [-0.39, 0.29) is 5.97 Å². The molecule has 2 aromatic carbocycles. The normalized spacial score (nSPS) is 11.8. The number of carbonyl (C=O) groups excluding carboxylic acids is 1. The van der Waals surface area contributed by atoms with Crippen LogP contribution in [0.5, 0.6) is 0 Å². The molecule has 2 rings (SSSR count). The van der Waals surface area contributed by atoms with E-state index < -0.39 is 6.04 Å². The summed E-state index contributed by atoms with van der Waals surface area (Å²) in [4.78, 5) is 12.2. The topological polar surface area (TPSA) is 38.3 Å². The van der Waals surface area contributed by atoms with E-state index in [1.165, 1.54) is 0 Å². The van der Waals surface area contributed by atoms with Crippen molar-refractivity contribution in [3.05, 3.63) is 64.1 Å². The van der Waals surface area contributed by atoms with Gasteiger partial charge in [0.15, 0.2) is 6.04 Å². The van der Waals surface area contributed by atoms with Crippen molar-refractivity contribution in [1.29, 1.82) is 0 Å². The molecule has 21 heavy (non-hydrogen) atoms. The maximum Gasteiger partial charge on any atom is 0.333 e. The molecule has 0 saturated carbocycles. The molecule has 0 radical (unpaired) electrons. The number of rotatable bonds is 5. The van der Waals surface area contributed by atoms with Crippen LogP contribution in [0.4, 0.5) is 5.69 Å². The zero-order valence-corrected chi connectivity index (χ0v) is 13.0. The lowest BCUT2D eigenvalue weighted by molar-refractivity contribution is -0.144. The number of esters is 1. The largest absolute Gasteiger partial charge is 0.464 e. The summed E-state index contributed by atoms with van der Waals surface area (Å²) < 4.78 is 5.12. The minimum absolute atomic E-state index is 0.313. The second-order valence-corrected chi connectivity index (χ2v) is 5.13. The van der Waals surface area contributed by atoms with Gasteiger partial charge in [-0.2, -0.15) is 0 Å². The van der Waals surface area contributed by atoms with Crippen LogP contribution in [0, 0.1) is 0 Å². The SMILES string of the molecule is CCOC(=O)C(Nc1cccc(Cl)c1Cl)c1ccccc1. The standard InChI is InChI=1S/C16H15Cl2NO2/c1-2-21-16(20)15(11-7-4-3-5-8-11)19-13-10-6-9-12(17)14(13)18/h3-10,15,19H,2H2,1H3. The zero-order chi connectivity index (χ0) is 15.2. The minimum atomic E-state index is -0.637. The van der Waals surface area contributed by atoms with Gasteiger partial charge in [0.05, 0.1) is 22.3 Å². The second kappa shape index (κ2) is 7.34. The van der Waals surface area contributed by atoms with E-state index in [0.717, 1.165) is 5.56 Å². The van der Waals surface area contributed by atoms with Gasteiger partial charge in [-0.1, -0.05) is 59.6 Å². The van der Waals surface area contributed by atoms with E-state index in [1.807, 2.05) is 30.3 Å². The van der Waals surface area contributed by atoms with Gasteiger partial charge in [0.25, 0.3) is 0 Å². The lowest BCUT2D eigenvalue weighted by atomic mass is 10.1. The summed E-state index contributed by atoms with van der Waals surface area (Å²) in [6.45, 7) is 2.08. The number of carbonyl (C=O) groups is 1. The Hall–Kier alpha value is -1.71. The second-order valence-electron chi connectivity index (χ2n) is 4.34. The smallest absolute Gasteiger partial charge is 0.333 e. The van der Waals surface area contributed by atoms with Crippen LogP contribution in [-0.4, -0.2) is 12.6 Å². The first-order valence-electron chi connectivity index (χ1n) is 6.55. The summed E-state index contributed by atoms with van der Waals surface area (Å²) in [6.07, 6.45) is 0. The molecular weight excluding hydrogens is 309 g/mol. The van der Waals surface area contributed by atoms with Crippen LogP contribution in [0.25, 0.3) is 0 Å². The number of ether oxygens (including phenoxy) is 1. The Morgan fingerprint density at radius 2 is 1.86 bits per heavy atom. The summed E-state index contributed by atoms with van der Waals surface area (Å²) in [6, 6.07) is 13.9. The molecule has 3 nitrogen and oxygen atoms in total. The number of benzene rings is 2. The molecule has 5 heteroatoms. The fourth-order valence-electron chi connectivity index (χ4n) is 1.92. The molecule has 0 aliphatic heterocycles. The van der Waals surface area contributed by atoms with Crippen molar-refractivity contribution >= 4 is 34.9 Å². The van der Waals surface area contributed by atoms with E-state index >= 15 is 0 Å². The average Bonchev–Trinajstić information content (AvgIpc) is 2.50. The Bertz CT molecular complexity index is 617. The maximum atomic E-state index is 12.2. The highest BCUT2D eigenvalue weighted by Gasteiger charge is 2.22. The van der Waals surface area contributed by atoms with E-state index in [1.54, 1.807) is 25.1 Å². The van der Waals surface area contributed by atoms with E-state index in [9.17, 15) is 4.79 Å². The Morgan fingerprint density at radius 3 is 2.52 bits per heavy atom. The highest BCUT2D eigenvalue weighted by atomic mass is 35.5. The molecule has 0 aliphatic rings. The fraction of sp³-hybridized carbons (Fsp3) is 0.188. The Kier molecular flexibility index (Phi) is 5.48. The number of hydrogen-bond acceptors (Lipinski definition) is 3. The van der Waals surface area contributed by atoms with Crippen molar-refractivity contribution in [1.82, 2.24) is 0 Å². The molecule has 0 aliphatic carbocycles. The Morgan fingerprint density at radius 1 is 1.14 bits per heavy atom. The van der Waals surface area contributed by atoms with E-state index in [4.69, 9.17) is 27.9 Å². The monoisotopic (exact) mass is 323 g/mol. The molecular formula is C16H15Cl2NO2. The van der Waals surface area contributed by atoms with E-state index in [0.29, 0.717) is 22.3 Å². The van der Waals surface area contributed by atoms with Crippen molar-refractivity contribution in [2.75, 3.05) is 11.9 Å². The van der Waals surface area contributed by atoms with Crippen LogP contribution in [0.3, 0.4) is 0 Å². The third kappa shape index (κ3) is 3.90. The molecule has 1 atom stereocenters. The lowest BCUT2D eigenvalue weighted by Crippen LogP contribution is -2.23. The predicted octanol–water partition coefficient (Wildman–Crippen LogP) is 4.71. The maximum absolute atomic E-state index is 12.2. The van der Waals surface area contributed by atoms with Crippen LogP contribution >= 0.6 is 23.2 Å². The van der Waals surface area contributed by atoms with Crippen molar-refractivity contribution < 1.29 is 9.53 Å². The van der Waals surface area contributed by atoms with Crippen LogP contribution in [0.1, 0.15) is 18.5 Å². The first-order chi connectivity index (χ1) is 10.1. The molecule has 2 aromatic rings. The molecule has 0 heterocycles. The number of hydrogen-bond donors (Lipinski definition) is 1. The van der Waals surface area contributed by atoms with Gasteiger partial charge < -0.3 is 10.1 Å². The van der Waals surface area contributed by atoms with Crippen molar-refractivity contribution in [2.24, 2.45) is 0 Å². The average molecular weight is 324 g/mol. The first-order valence-corrected chi connectivity index (χ1v) is 7.31. The molecule has 0 spiro atoms. The highest BCUT2D eigenvalue weighted by molar-refractivity contribution is 6.43. The van der Waals surface area contributed by atoms with Gasteiger partial charge in [-0.25, -0.2) is 4.79 Å². The molecule has 1 unspecified atom stereocenters. The fourth-order valence-corrected chi connectivity index (χ4v) is 2.28. The van der Waals surface area contributed by atoms with Crippen LogP contribution in [0.15, 0.2) is 48.5 Å². The van der Waals surface area contributed by atoms with Gasteiger partial charge in [0.1, 0.15) is 0 Å². The van der Waals surface area contributed by atoms with E-state index in [2.05, 4.69) is 5.32 Å². The summed E-state index contributed by atoms with van der Waals surface area (Å²) in [5.41, 5.74) is 1.39. The summed E-state index contributed by atoms with van der Waals surface area (Å²) in [5, 5.41) is 3.91. The molecule has 0 aromatic heterocycles. The molecule has 0 saturated heterocycles. The third-order valence-electron chi connectivity index (χ3n) is 2.91. The predicted molar refractivity (Wildman–Crippen MR) is 85.9 cm³/mol. The highest BCUT2D eigenvalue weighted by Crippen LogP contribution is 2.32. The van der Waals surface area contributed by atoms with Gasteiger partial charge in [-0.3, -0.25) is 0 Å². The molecule has 110 valence electrons. The zero-order valence-electron chi connectivity index (χ0n) is 11.5. The van der Waals surface area contributed by atoms with Crippen LogP contribution in [0.2, 0.25) is 10.0 Å². The summed E-state index contributed by atoms with van der Waals surface area (Å²) >= 11 is 12.2. The van der Waals surface area contributed by atoms with Gasteiger partial charge in [-0.05, 0) is 24.6 Å². The number of nitrogens with one attached hydrogen (secondary N) is 1. The van der Waals surface area contributed by atoms with Gasteiger partial charge >= 0.3 is 5.97 Å². The van der Waals surface area contributed by atoms with Crippen molar-refractivity contribution in [3.63, 3.8) is 0 Å². The lowest BCUT2D eigenvalue weighted by Gasteiger charge is -2.19. The number of halogens is 2. The molecule has 0 fully saturated rings. The van der Waals surface area contributed by atoms with Crippen LogP contribution in [-0.2, 0) is 9.53 Å². The molecule has 0 amide bonds. The quantitative estimate of drug-likeness (QED) is 0.810. The van der Waals surface area contributed by atoms with Gasteiger partial charge in [0, 0.05) is 0 Å². The van der Waals surface area contributed by atoms with Crippen molar-refractivity contribution in [2.45, 2.75) is 13.0 Å². The third-order valence-corrected chi connectivity index (χ3v) is 3.73. The minimum Gasteiger partial charge on any atom is -0.464 e. The molecule has 1 N–H and O–H groups in total. The summed E-state index contributed by atoms with van der Waals surface area (Å²) in [7, 11) is 0. The Labute approximate surface area is 133 Å². The first kappa shape index (κ1) is 15.7. The van der Waals surface area contributed by atoms with Gasteiger partial charge in [0.2, 0.25) is 0 Å². The van der Waals surface area contributed by atoms with Gasteiger partial charge in [-0.15, -0.1) is 0 Å². The molecule has 0 bridgehead atoms.